The quantitative estimate of drug-likeness (QED) is 0.795. The molecule has 0 saturated carbocycles. The standard InChI is InChI=1S/C19H20FN5O2/c1-23-11-17(26)25(15-4-2-3-14(20)9-15)13-19(23)5-8-24(12-19)18(27)16-10-21-6-7-22-16/h2-4,6-7,9-10H,5,8,11-13H2,1H3. The molecule has 1 aromatic carbocycles. The summed E-state index contributed by atoms with van der Waals surface area (Å²) in [4.78, 5) is 38.7. The highest BCUT2D eigenvalue weighted by atomic mass is 19.1. The fourth-order valence-electron chi connectivity index (χ4n) is 3.88. The molecule has 1 spiro atoms. The Hall–Kier alpha value is -2.87. The molecule has 27 heavy (non-hydrogen) atoms. The first kappa shape index (κ1) is 17.5. The first-order valence-electron chi connectivity index (χ1n) is 8.81. The molecule has 1 atom stereocenters. The van der Waals surface area contributed by atoms with Gasteiger partial charge in [-0.3, -0.25) is 19.5 Å². The third-order valence-corrected chi connectivity index (χ3v) is 5.46. The van der Waals surface area contributed by atoms with Crippen molar-refractivity contribution in [3.8, 4) is 0 Å². The number of piperazine rings is 1. The summed E-state index contributed by atoms with van der Waals surface area (Å²) in [5, 5.41) is 0. The molecule has 4 rings (SSSR count). The van der Waals surface area contributed by atoms with Crippen LogP contribution in [-0.2, 0) is 4.79 Å². The molecule has 1 unspecified atom stereocenters. The number of likely N-dealkylation sites (N-methyl/N-ethyl adjacent to an activating group) is 1. The highest BCUT2D eigenvalue weighted by molar-refractivity contribution is 5.96. The Bertz CT molecular complexity index is 877. The van der Waals surface area contributed by atoms with E-state index in [2.05, 4.69) is 9.97 Å². The lowest BCUT2D eigenvalue weighted by atomic mass is 9.92. The van der Waals surface area contributed by atoms with E-state index in [0.717, 1.165) is 6.42 Å². The second kappa shape index (κ2) is 6.70. The van der Waals surface area contributed by atoms with Crippen molar-refractivity contribution in [2.75, 3.05) is 38.1 Å². The first-order valence-corrected chi connectivity index (χ1v) is 8.81. The molecule has 0 aliphatic carbocycles. The monoisotopic (exact) mass is 369 g/mol. The second-order valence-electron chi connectivity index (χ2n) is 7.11. The number of carbonyl (C=O) groups is 2. The smallest absolute Gasteiger partial charge is 0.274 e. The molecule has 0 radical (unpaired) electrons. The first-order chi connectivity index (χ1) is 13.0. The SMILES string of the molecule is CN1CC(=O)N(c2cccc(F)c2)CC12CCN(C(=O)c1cnccn1)C2. The number of rotatable bonds is 2. The van der Waals surface area contributed by atoms with Crippen molar-refractivity contribution in [3.63, 3.8) is 0 Å². The van der Waals surface area contributed by atoms with Crippen LogP contribution in [0.1, 0.15) is 16.9 Å². The zero-order chi connectivity index (χ0) is 19.0. The van der Waals surface area contributed by atoms with E-state index >= 15 is 0 Å². The predicted octanol–water partition coefficient (Wildman–Crippen LogP) is 1.18. The van der Waals surface area contributed by atoms with E-state index in [4.69, 9.17) is 0 Å². The Morgan fingerprint density at radius 1 is 1.26 bits per heavy atom. The molecule has 7 nitrogen and oxygen atoms in total. The van der Waals surface area contributed by atoms with Crippen LogP contribution in [0.2, 0.25) is 0 Å². The van der Waals surface area contributed by atoms with Gasteiger partial charge in [-0.2, -0.15) is 0 Å². The summed E-state index contributed by atoms with van der Waals surface area (Å²) in [7, 11) is 1.90. The van der Waals surface area contributed by atoms with Crippen LogP contribution in [0, 0.1) is 5.82 Å². The van der Waals surface area contributed by atoms with Gasteiger partial charge in [0.1, 0.15) is 11.5 Å². The fourth-order valence-corrected chi connectivity index (χ4v) is 3.88. The van der Waals surface area contributed by atoms with Crippen molar-refractivity contribution in [1.29, 1.82) is 0 Å². The van der Waals surface area contributed by atoms with Gasteiger partial charge in [0.2, 0.25) is 5.91 Å². The van der Waals surface area contributed by atoms with Gasteiger partial charge in [-0.1, -0.05) is 6.07 Å². The third-order valence-electron chi connectivity index (χ3n) is 5.46. The maximum absolute atomic E-state index is 13.6. The van der Waals surface area contributed by atoms with Gasteiger partial charge < -0.3 is 9.80 Å². The van der Waals surface area contributed by atoms with Crippen LogP contribution >= 0.6 is 0 Å². The topological polar surface area (TPSA) is 69.6 Å². The highest BCUT2D eigenvalue weighted by Crippen LogP contribution is 2.34. The molecular formula is C19H20FN5O2. The summed E-state index contributed by atoms with van der Waals surface area (Å²) in [6.07, 6.45) is 5.21. The number of halogens is 1. The van der Waals surface area contributed by atoms with Crippen molar-refractivity contribution in [2.24, 2.45) is 0 Å². The van der Waals surface area contributed by atoms with Gasteiger partial charge in [0.15, 0.2) is 0 Å². The van der Waals surface area contributed by atoms with Crippen LogP contribution in [0.3, 0.4) is 0 Å². The van der Waals surface area contributed by atoms with E-state index in [9.17, 15) is 14.0 Å². The Kier molecular flexibility index (Phi) is 4.35. The number of amides is 2. The molecule has 2 aliphatic rings. The van der Waals surface area contributed by atoms with E-state index in [0.29, 0.717) is 31.0 Å². The molecule has 2 aliphatic heterocycles. The van der Waals surface area contributed by atoms with Crippen LogP contribution in [-0.4, -0.2) is 70.3 Å². The maximum atomic E-state index is 13.6. The van der Waals surface area contributed by atoms with Crippen LogP contribution < -0.4 is 4.90 Å². The zero-order valence-corrected chi connectivity index (χ0v) is 15.0. The average Bonchev–Trinajstić information content (AvgIpc) is 3.10. The predicted molar refractivity (Wildman–Crippen MR) is 96.7 cm³/mol. The lowest BCUT2D eigenvalue weighted by Gasteiger charge is -2.46. The Morgan fingerprint density at radius 3 is 2.85 bits per heavy atom. The van der Waals surface area contributed by atoms with E-state index in [1.807, 2.05) is 11.9 Å². The zero-order valence-electron chi connectivity index (χ0n) is 15.0. The minimum Gasteiger partial charge on any atom is -0.335 e. The molecule has 2 aromatic rings. The van der Waals surface area contributed by atoms with Gasteiger partial charge in [-0.15, -0.1) is 0 Å². The lowest BCUT2D eigenvalue weighted by molar-refractivity contribution is -0.123. The number of carbonyl (C=O) groups excluding carboxylic acids is 2. The van der Waals surface area contributed by atoms with Crippen molar-refractivity contribution < 1.29 is 14.0 Å². The number of hydrogen-bond acceptors (Lipinski definition) is 5. The van der Waals surface area contributed by atoms with E-state index in [1.165, 1.54) is 30.7 Å². The molecule has 2 saturated heterocycles. The van der Waals surface area contributed by atoms with Crippen molar-refractivity contribution in [2.45, 2.75) is 12.0 Å². The van der Waals surface area contributed by atoms with Crippen LogP contribution in [0.25, 0.3) is 0 Å². The van der Waals surface area contributed by atoms with E-state index in [-0.39, 0.29) is 29.7 Å². The molecule has 2 fully saturated rings. The van der Waals surface area contributed by atoms with Gasteiger partial charge in [-0.25, -0.2) is 9.37 Å². The minimum absolute atomic E-state index is 0.0765. The van der Waals surface area contributed by atoms with Gasteiger partial charge >= 0.3 is 0 Å². The molecule has 2 amide bonds. The molecule has 3 heterocycles. The average molecular weight is 369 g/mol. The molecular weight excluding hydrogens is 349 g/mol. The van der Waals surface area contributed by atoms with Crippen LogP contribution in [0.4, 0.5) is 10.1 Å². The summed E-state index contributed by atoms with van der Waals surface area (Å²) in [5.41, 5.74) is 0.496. The van der Waals surface area contributed by atoms with Gasteiger partial charge in [-0.05, 0) is 31.7 Å². The Balaban J connectivity index is 1.57. The van der Waals surface area contributed by atoms with Crippen molar-refractivity contribution in [3.05, 3.63) is 54.4 Å². The molecule has 0 bridgehead atoms. The third kappa shape index (κ3) is 3.16. The number of aromatic nitrogens is 2. The molecule has 8 heteroatoms. The van der Waals surface area contributed by atoms with Crippen LogP contribution in [0.15, 0.2) is 42.9 Å². The Morgan fingerprint density at radius 2 is 2.11 bits per heavy atom. The normalized spacial score (nSPS) is 23.3. The summed E-state index contributed by atoms with van der Waals surface area (Å²) >= 11 is 0. The number of likely N-dealkylation sites (tertiary alicyclic amines) is 1. The molecule has 140 valence electrons. The highest BCUT2D eigenvalue weighted by Gasteiger charge is 2.48. The summed E-state index contributed by atoms with van der Waals surface area (Å²) in [6.45, 7) is 1.70. The number of nitrogens with zero attached hydrogens (tertiary/aromatic N) is 5. The molecule has 0 N–H and O–H groups in total. The number of hydrogen-bond donors (Lipinski definition) is 0. The summed E-state index contributed by atoms with van der Waals surface area (Å²) < 4.78 is 13.6. The number of anilines is 1. The van der Waals surface area contributed by atoms with Gasteiger partial charge in [0, 0.05) is 37.7 Å². The minimum atomic E-state index is -0.376. The second-order valence-corrected chi connectivity index (χ2v) is 7.11. The van der Waals surface area contributed by atoms with Crippen LogP contribution in [0.5, 0.6) is 0 Å². The number of benzene rings is 1. The lowest BCUT2D eigenvalue weighted by Crippen LogP contribution is -2.64. The van der Waals surface area contributed by atoms with Crippen molar-refractivity contribution >= 4 is 17.5 Å². The van der Waals surface area contributed by atoms with Gasteiger partial charge in [0.25, 0.3) is 5.91 Å². The largest absolute Gasteiger partial charge is 0.335 e. The summed E-state index contributed by atoms with van der Waals surface area (Å²) in [5.74, 6) is -0.617. The Labute approximate surface area is 156 Å². The fraction of sp³-hybridized carbons (Fsp3) is 0.368. The van der Waals surface area contributed by atoms with E-state index < -0.39 is 0 Å². The van der Waals surface area contributed by atoms with E-state index in [1.54, 1.807) is 21.9 Å². The molecule has 1 aromatic heterocycles. The van der Waals surface area contributed by atoms with Gasteiger partial charge in [0.05, 0.1) is 18.3 Å². The summed E-state index contributed by atoms with van der Waals surface area (Å²) in [6, 6.07) is 6.06. The maximum Gasteiger partial charge on any atom is 0.274 e. The van der Waals surface area contributed by atoms with Crippen molar-refractivity contribution in [1.82, 2.24) is 19.8 Å².